The Morgan fingerprint density at radius 1 is 1.35 bits per heavy atom. The van der Waals surface area contributed by atoms with E-state index in [1.54, 1.807) is 13.3 Å². The van der Waals surface area contributed by atoms with Crippen LogP contribution < -0.4 is 0 Å². The van der Waals surface area contributed by atoms with Gasteiger partial charge in [0.2, 0.25) is 5.82 Å². The van der Waals surface area contributed by atoms with Crippen molar-refractivity contribution < 1.29 is 19.4 Å². The molecule has 0 saturated carbocycles. The van der Waals surface area contributed by atoms with E-state index in [4.69, 9.17) is 4.74 Å². The predicted molar refractivity (Wildman–Crippen MR) is 117 cm³/mol. The fraction of sp³-hybridized carbons (Fsp3) is 0.636. The zero-order chi connectivity index (χ0) is 22.4. The molecule has 0 unspecified atom stereocenters. The molecule has 170 valence electrons. The Balaban J connectivity index is 1.92. The molecule has 1 fully saturated rings. The van der Waals surface area contributed by atoms with E-state index < -0.39 is 6.09 Å². The Bertz CT molecular complexity index is 897. The smallest absolute Gasteiger partial charge is 0.407 e. The van der Waals surface area contributed by atoms with Gasteiger partial charge in [-0.2, -0.15) is 0 Å². The molecule has 0 aliphatic carbocycles. The molecule has 3 heterocycles. The molecular formula is C22H33N5O4. The predicted octanol–water partition coefficient (Wildman–Crippen LogP) is 3.10. The van der Waals surface area contributed by atoms with Crippen LogP contribution in [0.5, 0.6) is 0 Å². The van der Waals surface area contributed by atoms with Gasteiger partial charge in [0.05, 0.1) is 0 Å². The zero-order valence-electron chi connectivity index (χ0n) is 18.7. The van der Waals surface area contributed by atoms with Crippen molar-refractivity contribution in [1.82, 2.24) is 24.3 Å². The number of unbranched alkanes of at least 4 members (excludes halogenated alkanes) is 1. The van der Waals surface area contributed by atoms with Gasteiger partial charge < -0.3 is 24.2 Å². The summed E-state index contributed by atoms with van der Waals surface area (Å²) < 4.78 is 7.05. The van der Waals surface area contributed by atoms with Gasteiger partial charge in [0.15, 0.2) is 5.65 Å². The minimum atomic E-state index is -0.934. The van der Waals surface area contributed by atoms with E-state index in [9.17, 15) is 14.7 Å². The van der Waals surface area contributed by atoms with Gasteiger partial charge in [0, 0.05) is 52.1 Å². The van der Waals surface area contributed by atoms with E-state index in [2.05, 4.69) is 23.8 Å². The average molecular weight is 432 g/mol. The van der Waals surface area contributed by atoms with E-state index in [1.807, 2.05) is 21.6 Å². The molecule has 9 heteroatoms. The number of imidazole rings is 1. The first kappa shape index (κ1) is 23.0. The fourth-order valence-corrected chi connectivity index (χ4v) is 4.15. The Labute approximate surface area is 183 Å². The number of fused-ring (bicyclic) bond motifs is 1. The molecule has 3 rings (SSSR count). The number of pyridine rings is 1. The van der Waals surface area contributed by atoms with E-state index in [-0.39, 0.29) is 17.9 Å². The number of ether oxygens (including phenoxy) is 1. The van der Waals surface area contributed by atoms with Crippen molar-refractivity contribution in [3.05, 3.63) is 24.2 Å². The molecule has 1 atom stereocenters. The molecule has 1 aliphatic rings. The summed E-state index contributed by atoms with van der Waals surface area (Å²) in [6.07, 6.45) is 4.03. The van der Waals surface area contributed by atoms with Crippen molar-refractivity contribution in [2.24, 2.45) is 5.92 Å². The van der Waals surface area contributed by atoms with Crippen LogP contribution in [-0.2, 0) is 11.3 Å². The Hall–Kier alpha value is -2.68. The standard InChI is InChI=1S/C22H33N5O4/c1-16(2)14-27(17-8-7-11-25(15-17)22(29)30)21(28)20-24-18-9-6-10-23-19(18)26(20)12-4-5-13-31-3/h6,9-10,16-17H,4-5,7-8,11-15H2,1-3H3,(H,29,30)/t17-/m0/s1. The van der Waals surface area contributed by atoms with Crippen molar-refractivity contribution in [1.29, 1.82) is 0 Å². The fourth-order valence-electron chi connectivity index (χ4n) is 4.15. The van der Waals surface area contributed by atoms with Crippen molar-refractivity contribution in [2.45, 2.75) is 52.1 Å². The minimum absolute atomic E-state index is 0.157. The van der Waals surface area contributed by atoms with Crippen molar-refractivity contribution in [3.63, 3.8) is 0 Å². The van der Waals surface area contributed by atoms with Crippen LogP contribution in [0.2, 0.25) is 0 Å². The zero-order valence-corrected chi connectivity index (χ0v) is 18.7. The molecule has 0 aromatic carbocycles. The number of hydrogen-bond acceptors (Lipinski definition) is 5. The maximum atomic E-state index is 13.8. The molecule has 1 N–H and O–H groups in total. The molecule has 31 heavy (non-hydrogen) atoms. The summed E-state index contributed by atoms with van der Waals surface area (Å²) in [7, 11) is 1.68. The van der Waals surface area contributed by atoms with E-state index >= 15 is 0 Å². The van der Waals surface area contributed by atoms with Crippen molar-refractivity contribution in [3.8, 4) is 0 Å². The molecule has 1 saturated heterocycles. The second-order valence-corrected chi connectivity index (χ2v) is 8.51. The van der Waals surface area contributed by atoms with Crippen molar-refractivity contribution in [2.75, 3.05) is 33.4 Å². The molecule has 0 spiro atoms. The first-order valence-electron chi connectivity index (χ1n) is 11.0. The lowest BCUT2D eigenvalue weighted by atomic mass is 10.0. The van der Waals surface area contributed by atoms with E-state index in [0.717, 1.165) is 25.7 Å². The maximum absolute atomic E-state index is 13.8. The number of methoxy groups -OCH3 is 1. The first-order chi connectivity index (χ1) is 14.9. The van der Waals surface area contributed by atoms with Gasteiger partial charge in [-0.15, -0.1) is 0 Å². The average Bonchev–Trinajstić information content (AvgIpc) is 3.13. The quantitative estimate of drug-likeness (QED) is 0.612. The lowest BCUT2D eigenvalue weighted by Crippen LogP contribution is -2.52. The summed E-state index contributed by atoms with van der Waals surface area (Å²) in [5.41, 5.74) is 1.39. The number of carboxylic acid groups (broad SMARTS) is 1. The molecular weight excluding hydrogens is 398 g/mol. The molecule has 1 aliphatic heterocycles. The van der Waals surface area contributed by atoms with Crippen LogP contribution in [0.25, 0.3) is 11.2 Å². The second-order valence-electron chi connectivity index (χ2n) is 8.51. The highest BCUT2D eigenvalue weighted by Crippen LogP contribution is 2.22. The maximum Gasteiger partial charge on any atom is 0.407 e. The highest BCUT2D eigenvalue weighted by molar-refractivity contribution is 5.94. The third kappa shape index (κ3) is 5.52. The molecule has 2 aromatic rings. The van der Waals surface area contributed by atoms with Crippen molar-refractivity contribution >= 4 is 23.2 Å². The topological polar surface area (TPSA) is 101 Å². The lowest BCUT2D eigenvalue weighted by Gasteiger charge is -2.39. The number of carbonyl (C=O) groups excluding carboxylic acids is 1. The summed E-state index contributed by atoms with van der Waals surface area (Å²) in [6.45, 7) is 6.81. The Kier molecular flexibility index (Phi) is 7.84. The van der Waals surface area contributed by atoms with Crippen LogP contribution in [0.1, 0.15) is 50.1 Å². The number of piperidine rings is 1. The Morgan fingerprint density at radius 3 is 2.87 bits per heavy atom. The third-order valence-electron chi connectivity index (χ3n) is 5.61. The Morgan fingerprint density at radius 2 is 2.16 bits per heavy atom. The second kappa shape index (κ2) is 10.6. The van der Waals surface area contributed by atoms with Gasteiger partial charge in [-0.25, -0.2) is 14.8 Å². The normalized spacial score (nSPS) is 16.8. The number of hydrogen-bond donors (Lipinski definition) is 1. The number of aromatic nitrogens is 3. The lowest BCUT2D eigenvalue weighted by molar-refractivity contribution is 0.0489. The van der Waals surface area contributed by atoms with Gasteiger partial charge in [-0.05, 0) is 43.7 Å². The number of likely N-dealkylation sites (tertiary alicyclic amines) is 1. The van der Waals surface area contributed by atoms with Crippen LogP contribution in [0.15, 0.2) is 18.3 Å². The third-order valence-corrected chi connectivity index (χ3v) is 5.61. The largest absolute Gasteiger partial charge is 0.465 e. The highest BCUT2D eigenvalue weighted by atomic mass is 16.5. The summed E-state index contributed by atoms with van der Waals surface area (Å²) in [5.74, 6) is 0.469. The van der Waals surface area contributed by atoms with Gasteiger partial charge in [0.1, 0.15) is 5.52 Å². The monoisotopic (exact) mass is 431 g/mol. The summed E-state index contributed by atoms with van der Waals surface area (Å²) >= 11 is 0. The van der Waals surface area contributed by atoms with Gasteiger partial charge in [-0.3, -0.25) is 4.79 Å². The number of aryl methyl sites for hydroxylation is 1. The molecule has 2 aromatic heterocycles. The summed E-state index contributed by atoms with van der Waals surface area (Å²) in [4.78, 5) is 37.6. The van der Waals surface area contributed by atoms with Gasteiger partial charge in [0.25, 0.3) is 5.91 Å². The van der Waals surface area contributed by atoms with Crippen LogP contribution in [0.3, 0.4) is 0 Å². The van der Waals surface area contributed by atoms with Crippen LogP contribution in [0, 0.1) is 5.92 Å². The molecule has 9 nitrogen and oxygen atoms in total. The number of nitrogens with zero attached hydrogens (tertiary/aromatic N) is 5. The molecule has 0 bridgehead atoms. The van der Waals surface area contributed by atoms with Crippen LogP contribution in [0.4, 0.5) is 4.79 Å². The number of amides is 2. The first-order valence-corrected chi connectivity index (χ1v) is 11.0. The van der Waals surface area contributed by atoms with E-state index in [0.29, 0.717) is 49.8 Å². The highest BCUT2D eigenvalue weighted by Gasteiger charge is 2.33. The number of rotatable bonds is 9. The number of carbonyl (C=O) groups is 2. The minimum Gasteiger partial charge on any atom is -0.465 e. The van der Waals surface area contributed by atoms with Gasteiger partial charge >= 0.3 is 6.09 Å². The molecule has 2 amide bonds. The molecule has 0 radical (unpaired) electrons. The SMILES string of the molecule is COCCCCn1c(C(=O)N(CC(C)C)[C@H]2CCCN(C(=O)O)C2)nc2cccnc21. The van der Waals surface area contributed by atoms with E-state index in [1.165, 1.54) is 4.90 Å². The van der Waals surface area contributed by atoms with Crippen LogP contribution in [-0.4, -0.2) is 80.8 Å². The van der Waals surface area contributed by atoms with Gasteiger partial charge in [-0.1, -0.05) is 13.8 Å². The summed E-state index contributed by atoms with van der Waals surface area (Å²) in [5, 5.41) is 9.44. The summed E-state index contributed by atoms with van der Waals surface area (Å²) in [6, 6.07) is 3.52. The van der Waals surface area contributed by atoms with Crippen LogP contribution >= 0.6 is 0 Å².